The third-order valence-electron chi connectivity index (χ3n) is 2.12. The molecule has 1 atom stereocenters. The van der Waals surface area contributed by atoms with Crippen LogP contribution in [0, 0.1) is 11.3 Å². The van der Waals surface area contributed by atoms with Crippen LogP contribution in [0.5, 0.6) is 0 Å². The molecule has 1 aromatic heterocycles. The van der Waals surface area contributed by atoms with Gasteiger partial charge >= 0.3 is 0 Å². The summed E-state index contributed by atoms with van der Waals surface area (Å²) in [6.07, 6.45) is 2.26. The summed E-state index contributed by atoms with van der Waals surface area (Å²) in [6, 6.07) is 6.21. The van der Waals surface area contributed by atoms with Gasteiger partial charge < -0.3 is 4.90 Å². The second-order valence-corrected chi connectivity index (χ2v) is 4.07. The Labute approximate surface area is 92.5 Å². The van der Waals surface area contributed by atoms with E-state index in [0.29, 0.717) is 6.42 Å². The number of aromatic nitrogens is 1. The standard InChI is InChI=1S/C10H12BrN3/c1-8(5-6-12)14(2)10-4-3-9(11)7-13-10/h3-4,7-8H,5H2,1-2H3. The van der Waals surface area contributed by atoms with Crippen molar-refractivity contribution < 1.29 is 0 Å². The molecule has 0 amide bonds. The minimum Gasteiger partial charge on any atom is -0.356 e. The van der Waals surface area contributed by atoms with Crippen molar-refractivity contribution >= 4 is 21.7 Å². The molecule has 14 heavy (non-hydrogen) atoms. The van der Waals surface area contributed by atoms with E-state index in [9.17, 15) is 0 Å². The molecule has 3 nitrogen and oxygen atoms in total. The Bertz CT molecular complexity index is 328. The number of anilines is 1. The molecule has 0 saturated carbocycles. The summed E-state index contributed by atoms with van der Waals surface area (Å²) < 4.78 is 0.961. The smallest absolute Gasteiger partial charge is 0.128 e. The maximum Gasteiger partial charge on any atom is 0.128 e. The van der Waals surface area contributed by atoms with E-state index in [0.717, 1.165) is 10.3 Å². The van der Waals surface area contributed by atoms with Crippen molar-refractivity contribution in [1.29, 1.82) is 5.26 Å². The summed E-state index contributed by atoms with van der Waals surface area (Å²) >= 11 is 3.33. The second-order valence-electron chi connectivity index (χ2n) is 3.16. The van der Waals surface area contributed by atoms with E-state index in [1.54, 1.807) is 6.20 Å². The van der Waals surface area contributed by atoms with E-state index in [1.807, 2.05) is 31.0 Å². The molecule has 1 unspecified atom stereocenters. The van der Waals surface area contributed by atoms with E-state index in [4.69, 9.17) is 5.26 Å². The van der Waals surface area contributed by atoms with Gasteiger partial charge in [-0.1, -0.05) is 0 Å². The van der Waals surface area contributed by atoms with Gasteiger partial charge in [0.2, 0.25) is 0 Å². The van der Waals surface area contributed by atoms with Crippen LogP contribution in [0.4, 0.5) is 5.82 Å². The van der Waals surface area contributed by atoms with E-state index in [-0.39, 0.29) is 6.04 Å². The molecular weight excluding hydrogens is 242 g/mol. The lowest BCUT2D eigenvalue weighted by molar-refractivity contribution is 0.694. The highest BCUT2D eigenvalue weighted by molar-refractivity contribution is 9.10. The quantitative estimate of drug-likeness (QED) is 0.832. The Hall–Kier alpha value is -1.08. The van der Waals surface area contributed by atoms with Crippen molar-refractivity contribution in [3.8, 4) is 6.07 Å². The Morgan fingerprint density at radius 3 is 2.86 bits per heavy atom. The SMILES string of the molecule is CC(CC#N)N(C)c1ccc(Br)cn1. The summed E-state index contributed by atoms with van der Waals surface area (Å²) in [7, 11) is 1.94. The lowest BCUT2D eigenvalue weighted by Crippen LogP contribution is -2.28. The van der Waals surface area contributed by atoms with Crippen LogP contribution in [-0.2, 0) is 0 Å². The molecular formula is C10H12BrN3. The van der Waals surface area contributed by atoms with E-state index < -0.39 is 0 Å². The van der Waals surface area contributed by atoms with Crippen molar-refractivity contribution in [2.45, 2.75) is 19.4 Å². The summed E-state index contributed by atoms with van der Waals surface area (Å²) in [5.41, 5.74) is 0. The monoisotopic (exact) mass is 253 g/mol. The van der Waals surface area contributed by atoms with Gasteiger partial charge in [0.05, 0.1) is 12.5 Å². The van der Waals surface area contributed by atoms with Crippen LogP contribution < -0.4 is 4.90 Å². The first-order chi connectivity index (χ1) is 6.65. The fourth-order valence-corrected chi connectivity index (χ4v) is 1.31. The van der Waals surface area contributed by atoms with Crippen LogP contribution >= 0.6 is 15.9 Å². The fraction of sp³-hybridized carbons (Fsp3) is 0.400. The van der Waals surface area contributed by atoms with E-state index in [1.165, 1.54) is 0 Å². The molecule has 0 fully saturated rings. The summed E-state index contributed by atoms with van der Waals surface area (Å²) in [4.78, 5) is 6.25. The van der Waals surface area contributed by atoms with Gasteiger partial charge in [-0.25, -0.2) is 4.98 Å². The van der Waals surface area contributed by atoms with E-state index >= 15 is 0 Å². The predicted molar refractivity (Wildman–Crippen MR) is 60.0 cm³/mol. The summed E-state index contributed by atoms with van der Waals surface area (Å²) in [5, 5.41) is 8.57. The van der Waals surface area contributed by atoms with Crippen LogP contribution in [-0.4, -0.2) is 18.1 Å². The van der Waals surface area contributed by atoms with Gasteiger partial charge in [0.25, 0.3) is 0 Å². The molecule has 0 saturated heterocycles. The van der Waals surface area contributed by atoms with Crippen molar-refractivity contribution in [3.63, 3.8) is 0 Å². The number of hydrogen-bond donors (Lipinski definition) is 0. The van der Waals surface area contributed by atoms with Crippen LogP contribution in [0.15, 0.2) is 22.8 Å². The first-order valence-corrected chi connectivity index (χ1v) is 5.15. The van der Waals surface area contributed by atoms with Crippen molar-refractivity contribution in [2.75, 3.05) is 11.9 Å². The molecule has 0 spiro atoms. The van der Waals surface area contributed by atoms with Crippen molar-refractivity contribution in [2.24, 2.45) is 0 Å². The molecule has 1 rings (SSSR count). The molecule has 74 valence electrons. The normalized spacial score (nSPS) is 11.9. The third-order valence-corrected chi connectivity index (χ3v) is 2.59. The largest absolute Gasteiger partial charge is 0.356 e. The highest BCUT2D eigenvalue weighted by Gasteiger charge is 2.09. The minimum absolute atomic E-state index is 0.189. The number of halogens is 1. The number of nitrogens with zero attached hydrogens (tertiary/aromatic N) is 3. The molecule has 4 heteroatoms. The fourth-order valence-electron chi connectivity index (χ4n) is 1.07. The van der Waals surface area contributed by atoms with Gasteiger partial charge in [0.1, 0.15) is 5.82 Å². The third kappa shape index (κ3) is 2.71. The molecule has 0 aromatic carbocycles. The van der Waals surface area contributed by atoms with Crippen LogP contribution in [0.1, 0.15) is 13.3 Å². The molecule has 0 aliphatic rings. The highest BCUT2D eigenvalue weighted by atomic mass is 79.9. The van der Waals surface area contributed by atoms with Crippen molar-refractivity contribution in [1.82, 2.24) is 4.98 Å². The van der Waals surface area contributed by atoms with Gasteiger partial charge in [0, 0.05) is 23.8 Å². The highest BCUT2D eigenvalue weighted by Crippen LogP contribution is 2.16. The number of nitriles is 1. The molecule has 0 bridgehead atoms. The average Bonchev–Trinajstić information content (AvgIpc) is 2.18. The van der Waals surface area contributed by atoms with E-state index in [2.05, 4.69) is 27.0 Å². The molecule has 0 radical (unpaired) electrons. The summed E-state index contributed by atoms with van der Waals surface area (Å²) in [6.45, 7) is 2.01. The molecule has 1 aromatic rings. The van der Waals surface area contributed by atoms with Crippen LogP contribution in [0.3, 0.4) is 0 Å². The molecule has 0 N–H and O–H groups in total. The Balaban J connectivity index is 2.74. The number of rotatable bonds is 3. The Morgan fingerprint density at radius 2 is 2.36 bits per heavy atom. The average molecular weight is 254 g/mol. The minimum atomic E-state index is 0.189. The first kappa shape index (κ1) is 11.0. The number of pyridine rings is 1. The molecule has 0 aliphatic heterocycles. The maximum atomic E-state index is 8.57. The topological polar surface area (TPSA) is 39.9 Å². The van der Waals surface area contributed by atoms with Gasteiger partial charge in [-0.05, 0) is 35.0 Å². The Kier molecular flexibility index (Phi) is 3.90. The predicted octanol–water partition coefficient (Wildman–Crippen LogP) is 2.58. The lowest BCUT2D eigenvalue weighted by atomic mass is 10.2. The van der Waals surface area contributed by atoms with Crippen LogP contribution in [0.25, 0.3) is 0 Å². The zero-order valence-corrected chi connectivity index (χ0v) is 9.82. The van der Waals surface area contributed by atoms with Crippen LogP contribution in [0.2, 0.25) is 0 Å². The second kappa shape index (κ2) is 4.97. The Morgan fingerprint density at radius 1 is 1.64 bits per heavy atom. The van der Waals surface area contributed by atoms with Gasteiger partial charge in [-0.15, -0.1) is 0 Å². The number of hydrogen-bond acceptors (Lipinski definition) is 3. The summed E-state index contributed by atoms with van der Waals surface area (Å²) in [5.74, 6) is 0.885. The van der Waals surface area contributed by atoms with Gasteiger partial charge in [0.15, 0.2) is 0 Å². The first-order valence-electron chi connectivity index (χ1n) is 4.36. The molecule has 1 heterocycles. The maximum absolute atomic E-state index is 8.57. The van der Waals surface area contributed by atoms with Crippen molar-refractivity contribution in [3.05, 3.63) is 22.8 Å². The molecule has 0 aliphatic carbocycles. The zero-order chi connectivity index (χ0) is 10.6. The van der Waals surface area contributed by atoms with Gasteiger partial charge in [-0.3, -0.25) is 0 Å². The lowest BCUT2D eigenvalue weighted by Gasteiger charge is -2.23. The van der Waals surface area contributed by atoms with Gasteiger partial charge in [-0.2, -0.15) is 5.26 Å². The zero-order valence-electron chi connectivity index (χ0n) is 8.24.